The summed E-state index contributed by atoms with van der Waals surface area (Å²) in [6, 6.07) is 0. The van der Waals surface area contributed by atoms with Crippen LogP contribution in [-0.4, -0.2) is 55.8 Å². The third-order valence-electron chi connectivity index (χ3n) is 1.79. The minimum absolute atomic E-state index is 0.0285. The number of ether oxygens (including phenoxy) is 2. The molecule has 0 aliphatic rings. The average Bonchev–Trinajstić information content (AvgIpc) is 2.38. The maximum Gasteiger partial charge on any atom is 0.469 e. The average molecular weight is 327 g/mol. The summed E-state index contributed by atoms with van der Waals surface area (Å²) in [5, 5.41) is 2.67. The van der Waals surface area contributed by atoms with E-state index in [2.05, 4.69) is 16.4 Å². The predicted octanol–water partition coefficient (Wildman–Crippen LogP) is 0.847. The van der Waals surface area contributed by atoms with Crippen LogP contribution in [0.3, 0.4) is 0 Å². The normalized spacial score (nSPS) is 10.5. The van der Waals surface area contributed by atoms with Crippen molar-refractivity contribution in [2.75, 3.05) is 40.0 Å². The Bertz CT molecular complexity index is 306. The van der Waals surface area contributed by atoms with Crippen LogP contribution in [0.4, 0.5) is 0 Å². The smallest absolute Gasteiger partial charge is 0.463 e. The number of hydrogen-bond acceptors (Lipinski definition) is 6. The Morgan fingerprint density at radius 3 is 2.48 bits per heavy atom. The molecule has 126 valence electrons. The molecule has 0 aromatic rings. The highest BCUT2D eigenvalue weighted by molar-refractivity contribution is 7.46. The van der Waals surface area contributed by atoms with Crippen LogP contribution in [0.1, 0.15) is 19.8 Å². The van der Waals surface area contributed by atoms with Crippen LogP contribution in [0.15, 0.2) is 12.7 Å². The van der Waals surface area contributed by atoms with Gasteiger partial charge in [0.1, 0.15) is 6.61 Å². The van der Waals surface area contributed by atoms with Crippen molar-refractivity contribution in [3.8, 4) is 0 Å². The number of phosphoric acid groups is 1. The Hall–Kier alpha value is -0.760. The largest absolute Gasteiger partial charge is 0.469 e. The Morgan fingerprint density at radius 2 is 2.00 bits per heavy atom. The van der Waals surface area contributed by atoms with E-state index in [0.29, 0.717) is 32.8 Å². The fraction of sp³-hybridized carbons (Fsp3) is 0.750. The molecule has 0 atom stereocenters. The molecule has 9 heteroatoms. The first-order valence-corrected chi connectivity index (χ1v) is 8.09. The Morgan fingerprint density at radius 1 is 1.33 bits per heavy atom. The number of nitrogens with one attached hydrogen (secondary N) is 1. The standard InChI is InChI=1S/C9H16O3.C3H10NO4P/c1-3-5-9(10)12-8-7-11-6-4-2;1-4-2-3-8-9(5,6)7/h4H,2-3,5-8H2,1H3;4H,2-3H2,1H3,(H2,5,6,7). The molecule has 8 nitrogen and oxygen atoms in total. The summed E-state index contributed by atoms with van der Waals surface area (Å²) >= 11 is 0. The second-order valence-corrected chi connectivity index (χ2v) is 5.00. The van der Waals surface area contributed by atoms with Crippen molar-refractivity contribution in [2.24, 2.45) is 0 Å². The zero-order chi connectivity index (χ0) is 16.6. The van der Waals surface area contributed by atoms with Gasteiger partial charge in [-0.15, -0.1) is 6.58 Å². The first-order chi connectivity index (χ1) is 9.87. The molecule has 0 aromatic carbocycles. The van der Waals surface area contributed by atoms with Crippen molar-refractivity contribution in [1.29, 1.82) is 0 Å². The molecule has 0 heterocycles. The van der Waals surface area contributed by atoms with Gasteiger partial charge in [-0.2, -0.15) is 0 Å². The van der Waals surface area contributed by atoms with Gasteiger partial charge in [0.2, 0.25) is 0 Å². The van der Waals surface area contributed by atoms with E-state index in [9.17, 15) is 9.36 Å². The quantitative estimate of drug-likeness (QED) is 0.221. The molecule has 0 unspecified atom stereocenters. The maximum absolute atomic E-state index is 10.8. The van der Waals surface area contributed by atoms with Crippen LogP contribution in [0, 0.1) is 0 Å². The number of carbonyl (C=O) groups is 1. The van der Waals surface area contributed by atoms with Crippen molar-refractivity contribution >= 4 is 13.8 Å². The predicted molar refractivity (Wildman–Crippen MR) is 78.8 cm³/mol. The van der Waals surface area contributed by atoms with Gasteiger partial charge in [-0.1, -0.05) is 13.0 Å². The van der Waals surface area contributed by atoms with Crippen molar-refractivity contribution in [3.05, 3.63) is 12.7 Å². The molecule has 3 N–H and O–H groups in total. The number of rotatable bonds is 11. The zero-order valence-corrected chi connectivity index (χ0v) is 13.5. The van der Waals surface area contributed by atoms with Crippen LogP contribution in [-0.2, 0) is 23.4 Å². The fourth-order valence-corrected chi connectivity index (χ4v) is 1.25. The first-order valence-electron chi connectivity index (χ1n) is 6.56. The van der Waals surface area contributed by atoms with Gasteiger partial charge in [-0.05, 0) is 13.5 Å². The lowest BCUT2D eigenvalue weighted by Crippen LogP contribution is -2.13. The van der Waals surface area contributed by atoms with E-state index in [1.807, 2.05) is 6.92 Å². The molecule has 0 amide bonds. The number of esters is 1. The highest BCUT2D eigenvalue weighted by atomic mass is 31.2. The third kappa shape index (κ3) is 24.6. The highest BCUT2D eigenvalue weighted by Crippen LogP contribution is 2.34. The molecule has 0 aliphatic carbocycles. The van der Waals surface area contributed by atoms with Gasteiger partial charge in [-0.3, -0.25) is 9.32 Å². The van der Waals surface area contributed by atoms with E-state index in [1.54, 1.807) is 13.1 Å². The van der Waals surface area contributed by atoms with Gasteiger partial charge in [-0.25, -0.2) is 4.57 Å². The van der Waals surface area contributed by atoms with Crippen LogP contribution in [0.5, 0.6) is 0 Å². The summed E-state index contributed by atoms with van der Waals surface area (Å²) in [5.41, 5.74) is 0. The molecule has 0 radical (unpaired) electrons. The Labute approximate surface area is 125 Å². The SMILES string of the molecule is C=CCOCCOC(=O)CCC.CNCCOP(=O)(O)O. The maximum atomic E-state index is 10.8. The second kappa shape index (κ2) is 15.6. The molecule has 0 fully saturated rings. The molecule has 0 saturated carbocycles. The number of carbonyl (C=O) groups excluding carboxylic acids is 1. The second-order valence-electron chi connectivity index (χ2n) is 3.76. The van der Waals surface area contributed by atoms with E-state index in [4.69, 9.17) is 19.3 Å². The monoisotopic (exact) mass is 327 g/mol. The Balaban J connectivity index is 0. The first kappa shape index (κ1) is 22.5. The third-order valence-corrected chi connectivity index (χ3v) is 2.31. The summed E-state index contributed by atoms with van der Waals surface area (Å²) < 4.78 is 23.9. The number of phosphoric ester groups is 1. The van der Waals surface area contributed by atoms with Gasteiger partial charge in [0.25, 0.3) is 0 Å². The summed E-state index contributed by atoms with van der Waals surface area (Å²) in [6.45, 7) is 7.19. The van der Waals surface area contributed by atoms with Crippen LogP contribution in [0.2, 0.25) is 0 Å². The lowest BCUT2D eigenvalue weighted by Gasteiger charge is -2.03. The summed E-state index contributed by atoms with van der Waals surface area (Å²) in [7, 11) is -2.57. The number of hydrogen-bond donors (Lipinski definition) is 3. The summed E-state index contributed by atoms with van der Waals surface area (Å²) in [5.74, 6) is -0.153. The topological polar surface area (TPSA) is 114 Å². The van der Waals surface area contributed by atoms with Crippen molar-refractivity contribution in [3.63, 3.8) is 0 Å². The Kier molecular flexibility index (Phi) is 16.8. The summed E-state index contributed by atoms with van der Waals surface area (Å²) in [6.07, 6.45) is 2.97. The molecule has 0 aliphatic heterocycles. The van der Waals surface area contributed by atoms with Gasteiger partial charge < -0.3 is 24.6 Å². The minimum atomic E-state index is -4.24. The minimum Gasteiger partial charge on any atom is -0.463 e. The van der Waals surface area contributed by atoms with Gasteiger partial charge in [0, 0.05) is 13.0 Å². The van der Waals surface area contributed by atoms with Gasteiger partial charge >= 0.3 is 13.8 Å². The molecular weight excluding hydrogens is 301 g/mol. The van der Waals surface area contributed by atoms with Crippen LogP contribution < -0.4 is 5.32 Å². The highest BCUT2D eigenvalue weighted by Gasteiger charge is 2.11. The molecule has 0 rings (SSSR count). The van der Waals surface area contributed by atoms with Crippen LogP contribution in [0.25, 0.3) is 0 Å². The lowest BCUT2D eigenvalue weighted by atomic mass is 10.3. The fourth-order valence-electron chi connectivity index (χ4n) is 0.924. The van der Waals surface area contributed by atoms with Crippen molar-refractivity contribution < 1.29 is 33.1 Å². The number of likely N-dealkylation sites (N-methyl/N-ethyl adjacent to an activating group) is 1. The molecule has 0 aromatic heterocycles. The van der Waals surface area contributed by atoms with Gasteiger partial charge in [0.15, 0.2) is 0 Å². The lowest BCUT2D eigenvalue weighted by molar-refractivity contribution is -0.145. The van der Waals surface area contributed by atoms with E-state index in [0.717, 1.165) is 6.42 Å². The van der Waals surface area contributed by atoms with Gasteiger partial charge in [0.05, 0.1) is 19.8 Å². The van der Waals surface area contributed by atoms with E-state index in [1.165, 1.54) is 0 Å². The molecule has 21 heavy (non-hydrogen) atoms. The van der Waals surface area contributed by atoms with Crippen molar-refractivity contribution in [2.45, 2.75) is 19.8 Å². The van der Waals surface area contributed by atoms with E-state index >= 15 is 0 Å². The van der Waals surface area contributed by atoms with E-state index in [-0.39, 0.29) is 12.6 Å². The van der Waals surface area contributed by atoms with E-state index < -0.39 is 7.82 Å². The molecule has 0 spiro atoms. The molecule has 0 bridgehead atoms. The molecule has 0 saturated heterocycles. The summed E-state index contributed by atoms with van der Waals surface area (Å²) in [4.78, 5) is 27.0. The molecular formula is C12H26NO7P. The zero-order valence-electron chi connectivity index (χ0n) is 12.6. The van der Waals surface area contributed by atoms with Crippen LogP contribution >= 0.6 is 7.82 Å². The van der Waals surface area contributed by atoms with Crippen molar-refractivity contribution in [1.82, 2.24) is 5.32 Å².